The molecule has 2 rings (SSSR count). The minimum Gasteiger partial charge on any atom is -0.494 e. The van der Waals surface area contributed by atoms with Gasteiger partial charge in [-0.05, 0) is 37.3 Å². The largest absolute Gasteiger partial charge is 0.494 e. The predicted octanol–water partition coefficient (Wildman–Crippen LogP) is 3.12. The molecule has 1 aromatic carbocycles. The fourth-order valence-electron chi connectivity index (χ4n) is 1.70. The lowest BCUT2D eigenvalue weighted by Crippen LogP contribution is -2.14. The number of rotatable bonds is 7. The van der Waals surface area contributed by atoms with Crippen molar-refractivity contribution in [3.63, 3.8) is 0 Å². The summed E-state index contributed by atoms with van der Waals surface area (Å²) >= 11 is 1.21. The topological polar surface area (TPSA) is 94.4 Å². The maximum absolute atomic E-state index is 11.9. The zero-order chi connectivity index (χ0) is 16.7. The van der Waals surface area contributed by atoms with Crippen molar-refractivity contribution in [1.82, 2.24) is 4.98 Å². The summed E-state index contributed by atoms with van der Waals surface area (Å²) < 4.78 is 5.32. The van der Waals surface area contributed by atoms with Crippen LogP contribution in [0.3, 0.4) is 0 Å². The summed E-state index contributed by atoms with van der Waals surface area (Å²) in [6.07, 6.45) is 1.17. The van der Waals surface area contributed by atoms with Crippen molar-refractivity contribution in [3.05, 3.63) is 52.7 Å². The van der Waals surface area contributed by atoms with Crippen LogP contribution < -0.4 is 10.1 Å². The number of nitrogens with zero attached hydrogens (tertiary/aromatic N) is 2. The Morgan fingerprint density at radius 2 is 2.04 bits per heavy atom. The van der Waals surface area contributed by atoms with Crippen molar-refractivity contribution in [3.8, 4) is 5.75 Å². The highest BCUT2D eigenvalue weighted by atomic mass is 32.2. The van der Waals surface area contributed by atoms with Gasteiger partial charge in [0.2, 0.25) is 5.91 Å². The third-order valence-corrected chi connectivity index (χ3v) is 3.68. The molecule has 0 aliphatic carbocycles. The second kappa shape index (κ2) is 8.14. The lowest BCUT2D eigenvalue weighted by molar-refractivity contribution is -0.385. The number of pyridine rings is 1. The van der Waals surface area contributed by atoms with Gasteiger partial charge in [0.1, 0.15) is 11.9 Å². The van der Waals surface area contributed by atoms with Crippen molar-refractivity contribution in [2.75, 3.05) is 17.7 Å². The maximum atomic E-state index is 11.9. The summed E-state index contributed by atoms with van der Waals surface area (Å²) in [4.78, 5) is 25.8. The molecule has 7 nitrogen and oxygen atoms in total. The Balaban J connectivity index is 1.83. The monoisotopic (exact) mass is 333 g/mol. The van der Waals surface area contributed by atoms with E-state index in [2.05, 4.69) is 10.3 Å². The van der Waals surface area contributed by atoms with Crippen LogP contribution in [0.4, 0.5) is 11.4 Å². The lowest BCUT2D eigenvalue weighted by atomic mass is 10.3. The summed E-state index contributed by atoms with van der Waals surface area (Å²) in [5.74, 6) is 0.729. The minimum absolute atomic E-state index is 0.0758. The molecule has 0 saturated carbocycles. The van der Waals surface area contributed by atoms with Crippen molar-refractivity contribution in [1.29, 1.82) is 0 Å². The molecule has 0 saturated heterocycles. The van der Waals surface area contributed by atoms with Crippen LogP contribution in [-0.2, 0) is 4.79 Å². The van der Waals surface area contributed by atoms with E-state index in [0.29, 0.717) is 17.3 Å². The molecule has 0 spiro atoms. The number of thioether (sulfide) groups is 1. The molecule has 1 amide bonds. The van der Waals surface area contributed by atoms with E-state index in [4.69, 9.17) is 4.74 Å². The van der Waals surface area contributed by atoms with E-state index in [1.54, 1.807) is 24.3 Å². The molecule has 0 fully saturated rings. The molecular formula is C15H15N3O4S. The first-order valence-electron chi connectivity index (χ1n) is 6.84. The highest BCUT2D eigenvalue weighted by Crippen LogP contribution is 2.19. The smallest absolute Gasteiger partial charge is 0.287 e. The number of hydrogen-bond donors (Lipinski definition) is 1. The van der Waals surface area contributed by atoms with Gasteiger partial charge in [-0.2, -0.15) is 0 Å². The summed E-state index contributed by atoms with van der Waals surface area (Å²) in [5, 5.41) is 13.8. The first-order chi connectivity index (χ1) is 11.1. The third kappa shape index (κ3) is 5.26. The molecule has 0 bridgehead atoms. The molecule has 0 radical (unpaired) electrons. The molecule has 120 valence electrons. The van der Waals surface area contributed by atoms with E-state index < -0.39 is 4.92 Å². The Hall–Kier alpha value is -2.61. The number of carbonyl (C=O) groups excluding carboxylic acids is 1. The maximum Gasteiger partial charge on any atom is 0.287 e. The molecule has 1 aromatic heterocycles. The Morgan fingerprint density at radius 3 is 2.61 bits per heavy atom. The molecule has 0 unspecified atom stereocenters. The average Bonchev–Trinajstić information content (AvgIpc) is 2.55. The normalized spacial score (nSPS) is 10.1. The number of aromatic nitrogens is 1. The average molecular weight is 333 g/mol. The Bertz CT molecular complexity index is 674. The first kappa shape index (κ1) is 16.8. The molecule has 23 heavy (non-hydrogen) atoms. The van der Waals surface area contributed by atoms with E-state index >= 15 is 0 Å². The fraction of sp³-hybridized carbons (Fsp3) is 0.200. The minimum atomic E-state index is -0.514. The van der Waals surface area contributed by atoms with Crippen LogP contribution in [0, 0.1) is 10.1 Å². The number of nitro groups is 1. The van der Waals surface area contributed by atoms with Gasteiger partial charge in [-0.1, -0.05) is 11.8 Å². The van der Waals surface area contributed by atoms with Gasteiger partial charge in [-0.3, -0.25) is 14.9 Å². The van der Waals surface area contributed by atoms with Crippen molar-refractivity contribution < 1.29 is 14.5 Å². The molecule has 2 aromatic rings. The summed E-state index contributed by atoms with van der Waals surface area (Å²) in [7, 11) is 0. The van der Waals surface area contributed by atoms with Crippen molar-refractivity contribution in [2.24, 2.45) is 0 Å². The quantitative estimate of drug-likeness (QED) is 0.475. The number of hydrogen-bond acceptors (Lipinski definition) is 6. The Labute approximate surface area is 137 Å². The highest BCUT2D eigenvalue weighted by molar-refractivity contribution is 7.99. The van der Waals surface area contributed by atoms with Gasteiger partial charge in [0.05, 0.1) is 22.3 Å². The molecule has 0 aliphatic heterocycles. The van der Waals surface area contributed by atoms with Crippen LogP contribution in [0.5, 0.6) is 5.75 Å². The standard InChI is InChI=1S/C15H15N3O4S/c1-2-22-13-6-3-11(4-7-13)17-14(19)10-23-15-8-5-12(9-16-15)18(20)21/h3-9H,2,10H2,1H3,(H,17,19). The van der Waals surface area contributed by atoms with Gasteiger partial charge in [0, 0.05) is 11.8 Å². The van der Waals surface area contributed by atoms with E-state index in [0.717, 1.165) is 5.75 Å². The van der Waals surface area contributed by atoms with Gasteiger partial charge in [0.25, 0.3) is 5.69 Å². The fourth-order valence-corrected chi connectivity index (χ4v) is 2.35. The second-order valence-electron chi connectivity index (χ2n) is 4.41. The van der Waals surface area contributed by atoms with Gasteiger partial charge in [-0.15, -0.1) is 0 Å². The molecule has 0 atom stereocenters. The molecule has 1 heterocycles. The molecule has 8 heteroatoms. The Kier molecular flexibility index (Phi) is 5.93. The van der Waals surface area contributed by atoms with Gasteiger partial charge in [-0.25, -0.2) is 4.98 Å². The van der Waals surface area contributed by atoms with Crippen LogP contribution in [0.2, 0.25) is 0 Å². The van der Waals surface area contributed by atoms with Crippen LogP contribution in [0.1, 0.15) is 6.92 Å². The van der Waals surface area contributed by atoms with E-state index in [1.807, 2.05) is 6.92 Å². The van der Waals surface area contributed by atoms with E-state index in [-0.39, 0.29) is 17.3 Å². The van der Waals surface area contributed by atoms with Crippen LogP contribution in [0.25, 0.3) is 0 Å². The van der Waals surface area contributed by atoms with Gasteiger partial charge >= 0.3 is 0 Å². The zero-order valence-electron chi connectivity index (χ0n) is 12.4. The van der Waals surface area contributed by atoms with Gasteiger partial charge in [0.15, 0.2) is 0 Å². The van der Waals surface area contributed by atoms with E-state index in [9.17, 15) is 14.9 Å². The number of carbonyl (C=O) groups is 1. The third-order valence-electron chi connectivity index (χ3n) is 2.73. The van der Waals surface area contributed by atoms with E-state index in [1.165, 1.54) is 30.1 Å². The molecule has 0 aliphatic rings. The van der Waals surface area contributed by atoms with Crippen molar-refractivity contribution in [2.45, 2.75) is 11.9 Å². The van der Waals surface area contributed by atoms with Crippen LogP contribution >= 0.6 is 11.8 Å². The molecule has 1 N–H and O–H groups in total. The number of nitrogens with one attached hydrogen (secondary N) is 1. The number of ether oxygens (including phenoxy) is 1. The Morgan fingerprint density at radius 1 is 1.30 bits per heavy atom. The second-order valence-corrected chi connectivity index (χ2v) is 5.40. The van der Waals surface area contributed by atoms with Crippen molar-refractivity contribution >= 4 is 29.0 Å². The molecular weight excluding hydrogens is 318 g/mol. The summed E-state index contributed by atoms with van der Waals surface area (Å²) in [6.45, 7) is 2.49. The zero-order valence-corrected chi connectivity index (χ0v) is 13.2. The van der Waals surface area contributed by atoms with Crippen LogP contribution in [0.15, 0.2) is 47.6 Å². The SMILES string of the molecule is CCOc1ccc(NC(=O)CSc2ccc([N+](=O)[O-])cn2)cc1. The van der Waals surface area contributed by atoms with Gasteiger partial charge < -0.3 is 10.1 Å². The van der Waals surface area contributed by atoms with Crippen LogP contribution in [-0.4, -0.2) is 28.2 Å². The number of benzene rings is 1. The summed E-state index contributed by atoms with van der Waals surface area (Å²) in [5.41, 5.74) is 0.601. The predicted molar refractivity (Wildman–Crippen MR) is 87.9 cm³/mol. The number of anilines is 1. The summed E-state index contributed by atoms with van der Waals surface area (Å²) in [6, 6.07) is 9.97. The first-order valence-corrected chi connectivity index (χ1v) is 7.83. The highest BCUT2D eigenvalue weighted by Gasteiger charge is 2.08. The number of amides is 1. The lowest BCUT2D eigenvalue weighted by Gasteiger charge is -2.07.